The first-order chi connectivity index (χ1) is 13.1. The number of aromatic hydroxyl groups is 1. The summed E-state index contributed by atoms with van der Waals surface area (Å²) in [5.41, 5.74) is 0.833. The molecule has 0 bridgehead atoms. The Morgan fingerprint density at radius 3 is 3.15 bits per heavy atom. The van der Waals surface area contributed by atoms with E-state index in [0.717, 1.165) is 6.20 Å². The number of ether oxygens (including phenoxy) is 1. The molecule has 1 atom stereocenters. The number of pyridine rings is 1. The fourth-order valence-electron chi connectivity index (χ4n) is 3.01. The summed E-state index contributed by atoms with van der Waals surface area (Å²) in [4.78, 5) is 25.8. The minimum absolute atomic E-state index is 0.227. The van der Waals surface area contributed by atoms with Crippen molar-refractivity contribution < 1.29 is 23.9 Å². The van der Waals surface area contributed by atoms with Gasteiger partial charge in [-0.2, -0.15) is 5.10 Å². The molecule has 0 spiro atoms. The van der Waals surface area contributed by atoms with Gasteiger partial charge in [-0.25, -0.2) is 28.7 Å². The molecule has 4 heterocycles. The smallest absolute Gasteiger partial charge is 0.343 e. The van der Waals surface area contributed by atoms with Crippen LogP contribution in [0, 0.1) is 5.82 Å². The van der Waals surface area contributed by atoms with Gasteiger partial charge in [0.15, 0.2) is 11.5 Å². The first-order valence-electron chi connectivity index (χ1n) is 8.36. The van der Waals surface area contributed by atoms with Gasteiger partial charge >= 0.3 is 5.97 Å². The molecule has 9 nitrogen and oxygen atoms in total. The van der Waals surface area contributed by atoms with E-state index in [-0.39, 0.29) is 18.1 Å². The minimum Gasteiger partial charge on any atom is -0.493 e. The number of fused-ring (bicyclic) bond motifs is 1. The highest BCUT2D eigenvalue weighted by atomic mass is 19.1. The van der Waals surface area contributed by atoms with E-state index < -0.39 is 17.8 Å². The Morgan fingerprint density at radius 1 is 1.48 bits per heavy atom. The van der Waals surface area contributed by atoms with Gasteiger partial charge in [0.05, 0.1) is 31.6 Å². The van der Waals surface area contributed by atoms with Crippen LogP contribution >= 0.6 is 0 Å². The van der Waals surface area contributed by atoms with Crippen molar-refractivity contribution in [2.75, 3.05) is 18.3 Å². The van der Waals surface area contributed by atoms with Crippen molar-refractivity contribution in [3.63, 3.8) is 0 Å². The van der Waals surface area contributed by atoms with Crippen molar-refractivity contribution in [1.82, 2.24) is 19.6 Å². The lowest BCUT2D eigenvalue weighted by Gasteiger charge is -2.24. The number of hydrogen-bond donors (Lipinski definition) is 1. The Labute approximate surface area is 152 Å². The van der Waals surface area contributed by atoms with Crippen molar-refractivity contribution in [3.05, 3.63) is 47.7 Å². The van der Waals surface area contributed by atoms with Gasteiger partial charge in [0.25, 0.3) is 0 Å². The predicted molar refractivity (Wildman–Crippen MR) is 90.6 cm³/mol. The standard InChI is InChI=1S/C17H16FN5O4/c1-2-26-17(25)12-9-20-22-5-3-14(21-15(12)22)23-13(4-6-27-23)11-7-10(18)8-19-16(11)24/h3,5,7-9,13H,2,4,6H2,1H3,(H,19,24)/t13-/m1/s1. The molecule has 27 heavy (non-hydrogen) atoms. The maximum atomic E-state index is 13.6. The van der Waals surface area contributed by atoms with E-state index in [9.17, 15) is 14.3 Å². The number of aromatic nitrogens is 4. The summed E-state index contributed by atoms with van der Waals surface area (Å²) < 4.78 is 20.1. The van der Waals surface area contributed by atoms with Crippen LogP contribution in [0.2, 0.25) is 0 Å². The molecule has 0 aromatic carbocycles. The summed E-state index contributed by atoms with van der Waals surface area (Å²) in [5, 5.41) is 15.6. The zero-order chi connectivity index (χ0) is 19.0. The number of halogens is 1. The summed E-state index contributed by atoms with van der Waals surface area (Å²) in [5.74, 6) is -0.962. The number of hydroxylamine groups is 1. The van der Waals surface area contributed by atoms with Crippen LogP contribution in [0.25, 0.3) is 5.65 Å². The zero-order valence-electron chi connectivity index (χ0n) is 14.4. The third-order valence-corrected chi connectivity index (χ3v) is 4.20. The minimum atomic E-state index is -0.557. The molecule has 1 aliphatic heterocycles. The van der Waals surface area contributed by atoms with Gasteiger partial charge in [-0.15, -0.1) is 0 Å². The number of anilines is 1. The Kier molecular flexibility index (Phi) is 4.32. The molecule has 0 aliphatic carbocycles. The van der Waals surface area contributed by atoms with Crippen LogP contribution in [0.1, 0.15) is 35.3 Å². The lowest BCUT2D eigenvalue weighted by molar-refractivity contribution is 0.0528. The van der Waals surface area contributed by atoms with E-state index >= 15 is 0 Å². The normalized spacial score (nSPS) is 16.8. The number of hydrogen-bond acceptors (Lipinski definition) is 8. The second-order valence-corrected chi connectivity index (χ2v) is 5.86. The molecule has 140 valence electrons. The van der Waals surface area contributed by atoms with E-state index in [1.807, 2.05) is 0 Å². The third kappa shape index (κ3) is 3.04. The first-order valence-corrected chi connectivity index (χ1v) is 8.36. The van der Waals surface area contributed by atoms with Crippen LogP contribution in [0.15, 0.2) is 30.7 Å². The molecule has 1 aliphatic rings. The van der Waals surface area contributed by atoms with E-state index in [1.165, 1.54) is 21.8 Å². The molecule has 0 amide bonds. The second kappa shape index (κ2) is 6.80. The monoisotopic (exact) mass is 373 g/mol. The van der Waals surface area contributed by atoms with Gasteiger partial charge in [-0.1, -0.05) is 0 Å². The first kappa shape index (κ1) is 17.2. The highest BCUT2D eigenvalue weighted by Gasteiger charge is 2.32. The van der Waals surface area contributed by atoms with Crippen LogP contribution in [-0.2, 0) is 9.57 Å². The molecule has 3 aromatic heterocycles. The molecule has 4 rings (SSSR count). The number of nitrogens with zero attached hydrogens (tertiary/aromatic N) is 5. The fourth-order valence-corrected chi connectivity index (χ4v) is 3.01. The quantitative estimate of drug-likeness (QED) is 0.693. The van der Waals surface area contributed by atoms with Crippen molar-refractivity contribution in [2.45, 2.75) is 19.4 Å². The SMILES string of the molecule is CCOC(=O)c1cnn2ccc(N3OCC[C@@H]3c3cc(F)cnc3O)nc12. The van der Waals surface area contributed by atoms with E-state index in [1.54, 1.807) is 19.2 Å². The fraction of sp³-hybridized carbons (Fsp3) is 0.294. The third-order valence-electron chi connectivity index (χ3n) is 4.20. The van der Waals surface area contributed by atoms with Crippen molar-refractivity contribution in [3.8, 4) is 5.88 Å². The van der Waals surface area contributed by atoms with Crippen LogP contribution in [0.3, 0.4) is 0 Å². The molecule has 1 saturated heterocycles. The number of esters is 1. The van der Waals surface area contributed by atoms with E-state index in [0.29, 0.717) is 30.1 Å². The average molecular weight is 373 g/mol. The summed E-state index contributed by atoms with van der Waals surface area (Å²) in [6.07, 6.45) is 4.47. The number of carbonyl (C=O) groups excluding carboxylic acids is 1. The summed E-state index contributed by atoms with van der Waals surface area (Å²) in [7, 11) is 0. The van der Waals surface area contributed by atoms with Crippen LogP contribution in [0.5, 0.6) is 5.88 Å². The second-order valence-electron chi connectivity index (χ2n) is 5.86. The topological polar surface area (TPSA) is 102 Å². The Balaban J connectivity index is 1.73. The lowest BCUT2D eigenvalue weighted by atomic mass is 10.1. The van der Waals surface area contributed by atoms with E-state index in [4.69, 9.17) is 9.57 Å². The number of carbonyl (C=O) groups is 1. The summed E-state index contributed by atoms with van der Waals surface area (Å²) in [6, 6.07) is 2.39. The van der Waals surface area contributed by atoms with Crippen molar-refractivity contribution in [1.29, 1.82) is 0 Å². The molecule has 3 aromatic rings. The average Bonchev–Trinajstić information content (AvgIpc) is 3.30. The molecule has 10 heteroatoms. The maximum Gasteiger partial charge on any atom is 0.343 e. The van der Waals surface area contributed by atoms with Crippen LogP contribution < -0.4 is 5.06 Å². The number of rotatable bonds is 4. The molecule has 0 radical (unpaired) electrons. The molecular weight excluding hydrogens is 357 g/mol. The van der Waals surface area contributed by atoms with E-state index in [2.05, 4.69) is 15.1 Å². The van der Waals surface area contributed by atoms with Gasteiger partial charge in [-0.05, 0) is 13.0 Å². The van der Waals surface area contributed by atoms with Gasteiger partial charge in [-0.3, -0.25) is 4.84 Å². The zero-order valence-corrected chi connectivity index (χ0v) is 14.4. The maximum absolute atomic E-state index is 13.6. The van der Waals surface area contributed by atoms with Gasteiger partial charge in [0.1, 0.15) is 11.4 Å². The van der Waals surface area contributed by atoms with Gasteiger partial charge in [0, 0.05) is 24.2 Å². The van der Waals surface area contributed by atoms with Crippen molar-refractivity contribution >= 4 is 17.4 Å². The highest BCUT2D eigenvalue weighted by Crippen LogP contribution is 2.37. The van der Waals surface area contributed by atoms with Crippen molar-refractivity contribution in [2.24, 2.45) is 0 Å². The lowest BCUT2D eigenvalue weighted by Crippen LogP contribution is -2.23. The van der Waals surface area contributed by atoms with Gasteiger partial charge in [0.2, 0.25) is 5.88 Å². The Morgan fingerprint density at radius 2 is 2.33 bits per heavy atom. The predicted octanol–water partition coefficient (Wildman–Crippen LogP) is 2.03. The molecule has 1 N–H and O–H groups in total. The molecule has 0 unspecified atom stereocenters. The summed E-state index contributed by atoms with van der Waals surface area (Å²) >= 11 is 0. The molecular formula is C17H16FN5O4. The molecule has 0 saturated carbocycles. The Bertz CT molecular complexity index is 1010. The largest absolute Gasteiger partial charge is 0.493 e. The molecule has 1 fully saturated rings. The van der Waals surface area contributed by atoms with Gasteiger partial charge < -0.3 is 9.84 Å². The Hall–Kier alpha value is -3.27. The van der Waals surface area contributed by atoms with Crippen LogP contribution in [-0.4, -0.2) is 43.9 Å². The highest BCUT2D eigenvalue weighted by molar-refractivity contribution is 5.95. The summed E-state index contributed by atoms with van der Waals surface area (Å²) in [6.45, 7) is 2.31. The van der Waals surface area contributed by atoms with Crippen LogP contribution in [0.4, 0.5) is 10.2 Å².